The second-order valence-corrected chi connectivity index (χ2v) is 5.26. The molecule has 1 nitrogen and oxygen atoms in total. The van der Waals surface area contributed by atoms with Gasteiger partial charge in [-0.2, -0.15) is 0 Å². The predicted octanol–water partition coefficient (Wildman–Crippen LogP) is 1.30. The van der Waals surface area contributed by atoms with Crippen LogP contribution in [-0.2, 0) is 0 Å². The van der Waals surface area contributed by atoms with Gasteiger partial charge >= 0.3 is 0 Å². The van der Waals surface area contributed by atoms with Gasteiger partial charge in [0.25, 0.3) is 0 Å². The number of rotatable bonds is 0. The van der Waals surface area contributed by atoms with Gasteiger partial charge in [0.05, 0.1) is 7.85 Å². The van der Waals surface area contributed by atoms with E-state index in [2.05, 4.69) is 34.9 Å². The zero-order valence-corrected chi connectivity index (χ0v) is 8.83. The van der Waals surface area contributed by atoms with E-state index in [1.54, 1.807) is 0 Å². The van der Waals surface area contributed by atoms with E-state index < -0.39 is 0 Å². The summed E-state index contributed by atoms with van der Waals surface area (Å²) in [5.41, 5.74) is 0.859. The molecule has 11 heavy (non-hydrogen) atoms. The lowest BCUT2D eigenvalue weighted by molar-refractivity contribution is 0.176. The average Bonchev–Trinajstić information content (AvgIpc) is 2.11. The molecule has 1 fully saturated rings. The third-order valence-electron chi connectivity index (χ3n) is 2.36. The van der Waals surface area contributed by atoms with Crippen LogP contribution < -0.4 is 0 Å². The summed E-state index contributed by atoms with van der Waals surface area (Å²) >= 11 is 0. The van der Waals surface area contributed by atoms with Crippen LogP contribution in [0.25, 0.3) is 0 Å². The Bertz CT molecular complexity index is 134. The van der Waals surface area contributed by atoms with Gasteiger partial charge in [0.2, 0.25) is 0 Å². The first kappa shape index (κ1) is 9.54. The molecule has 0 aromatic heterocycles. The lowest BCUT2D eigenvalue weighted by Crippen LogP contribution is -2.39. The van der Waals surface area contributed by atoms with Crippen LogP contribution in [0.2, 0.25) is 5.82 Å². The molecule has 0 aromatic carbocycles. The van der Waals surface area contributed by atoms with E-state index >= 15 is 0 Å². The Balaban J connectivity index is 2.54. The summed E-state index contributed by atoms with van der Waals surface area (Å²) in [5, 5.41) is 0. The Kier molecular flexibility index (Phi) is 2.66. The molecule has 0 N–H and O–H groups in total. The third-order valence-corrected chi connectivity index (χ3v) is 3.07. The highest BCUT2D eigenvalue weighted by atomic mass is 31.0. The maximum Gasteiger partial charge on any atom is 0.0725 e. The molecular weight excluding hydrogens is 152 g/mol. The molecule has 62 valence electrons. The summed E-state index contributed by atoms with van der Waals surface area (Å²) in [7, 11) is 8.73. The molecule has 0 aliphatic carbocycles. The molecule has 3 heteroatoms. The van der Waals surface area contributed by atoms with E-state index in [4.69, 9.17) is 7.85 Å². The van der Waals surface area contributed by atoms with E-state index in [-0.39, 0.29) is 5.54 Å². The summed E-state index contributed by atoms with van der Waals surface area (Å²) < 4.78 is 0. The molecular formula is C8H17BNP. The summed E-state index contributed by atoms with van der Waals surface area (Å²) in [6.45, 7) is 8.88. The number of hydrogen-bond acceptors (Lipinski definition) is 1. The molecule has 1 saturated heterocycles. The predicted molar refractivity (Wildman–Crippen MR) is 54.3 cm³/mol. The number of nitrogens with zero attached hydrogens (tertiary/aromatic N) is 1. The van der Waals surface area contributed by atoms with Crippen molar-refractivity contribution in [3.8, 4) is 0 Å². The maximum atomic E-state index is 5.90. The first-order valence-corrected chi connectivity index (χ1v) is 4.84. The standard InChI is InChI=1S/C8H17BNP/c1-8(2,3)10-4-6(9)7(11)5-10/h6-7H,4-5,11H2,1-3H3/t6?,7-/m1/s1. The molecule has 1 aliphatic rings. The van der Waals surface area contributed by atoms with E-state index in [1.807, 2.05) is 0 Å². The van der Waals surface area contributed by atoms with Crippen LogP contribution in [-0.4, -0.2) is 37.0 Å². The maximum absolute atomic E-state index is 5.90. The average molecular weight is 169 g/mol. The van der Waals surface area contributed by atoms with Crippen LogP contribution >= 0.6 is 9.24 Å². The summed E-state index contributed by atoms with van der Waals surface area (Å²) in [5.74, 6) is 0.347. The van der Waals surface area contributed by atoms with Crippen molar-refractivity contribution in [2.24, 2.45) is 0 Å². The normalized spacial score (nSPS) is 34.5. The van der Waals surface area contributed by atoms with Gasteiger partial charge < -0.3 is 0 Å². The lowest BCUT2D eigenvalue weighted by Gasteiger charge is -2.31. The molecule has 1 aliphatic heterocycles. The van der Waals surface area contributed by atoms with Crippen molar-refractivity contribution < 1.29 is 0 Å². The molecule has 0 spiro atoms. The van der Waals surface area contributed by atoms with Crippen LogP contribution in [0.3, 0.4) is 0 Å². The third kappa shape index (κ3) is 2.19. The Labute approximate surface area is 73.5 Å². The minimum Gasteiger partial charge on any atom is -0.298 e. The summed E-state index contributed by atoms with van der Waals surface area (Å²) in [4.78, 5) is 2.44. The highest BCUT2D eigenvalue weighted by Gasteiger charge is 2.32. The molecule has 0 amide bonds. The van der Waals surface area contributed by atoms with E-state index in [1.165, 1.54) is 0 Å². The van der Waals surface area contributed by atoms with E-state index in [0.29, 0.717) is 11.5 Å². The zero-order valence-electron chi connectivity index (χ0n) is 7.67. The first-order valence-electron chi connectivity index (χ1n) is 4.17. The Morgan fingerprint density at radius 1 is 1.36 bits per heavy atom. The second-order valence-electron chi connectivity index (χ2n) is 4.40. The Morgan fingerprint density at radius 2 is 1.91 bits per heavy atom. The van der Waals surface area contributed by atoms with E-state index in [0.717, 1.165) is 13.1 Å². The topological polar surface area (TPSA) is 3.24 Å². The minimum atomic E-state index is 0.281. The quantitative estimate of drug-likeness (QED) is 0.390. The van der Waals surface area contributed by atoms with Gasteiger partial charge in [-0.15, -0.1) is 9.24 Å². The number of hydrogen-bond donors (Lipinski definition) is 0. The van der Waals surface area contributed by atoms with Gasteiger partial charge in [0, 0.05) is 12.1 Å². The van der Waals surface area contributed by atoms with Crippen LogP contribution in [0.5, 0.6) is 0 Å². The molecule has 0 bridgehead atoms. The van der Waals surface area contributed by atoms with Gasteiger partial charge in [-0.05, 0) is 33.0 Å². The zero-order chi connectivity index (χ0) is 8.65. The van der Waals surface area contributed by atoms with Crippen molar-refractivity contribution in [3.63, 3.8) is 0 Å². The Hall–Kier alpha value is 0.455. The van der Waals surface area contributed by atoms with Crippen LogP contribution in [0.1, 0.15) is 20.8 Å². The second kappa shape index (κ2) is 3.07. The minimum absolute atomic E-state index is 0.281. The van der Waals surface area contributed by atoms with Crippen molar-refractivity contribution in [2.45, 2.75) is 37.8 Å². The Morgan fingerprint density at radius 3 is 2.09 bits per heavy atom. The summed E-state index contributed by atoms with van der Waals surface area (Å²) in [6.07, 6.45) is 0. The molecule has 2 radical (unpaired) electrons. The fraction of sp³-hybridized carbons (Fsp3) is 1.00. The lowest BCUT2D eigenvalue weighted by atomic mass is 9.86. The molecule has 0 saturated carbocycles. The molecule has 3 atom stereocenters. The highest BCUT2D eigenvalue weighted by molar-refractivity contribution is 7.18. The van der Waals surface area contributed by atoms with Gasteiger partial charge in [-0.1, -0.05) is 5.82 Å². The van der Waals surface area contributed by atoms with Crippen molar-refractivity contribution in [1.29, 1.82) is 0 Å². The SMILES string of the molecule is [B]C1CN(C(C)(C)C)C[C@H]1P. The van der Waals surface area contributed by atoms with Gasteiger partial charge in [-0.3, -0.25) is 4.90 Å². The van der Waals surface area contributed by atoms with Crippen molar-refractivity contribution in [2.75, 3.05) is 13.1 Å². The van der Waals surface area contributed by atoms with Crippen molar-refractivity contribution >= 4 is 17.1 Å². The molecule has 2 unspecified atom stereocenters. The monoisotopic (exact) mass is 169 g/mol. The van der Waals surface area contributed by atoms with Gasteiger partial charge in [-0.25, -0.2) is 0 Å². The van der Waals surface area contributed by atoms with Gasteiger partial charge in [0.15, 0.2) is 0 Å². The largest absolute Gasteiger partial charge is 0.298 e. The van der Waals surface area contributed by atoms with Crippen LogP contribution in [0.15, 0.2) is 0 Å². The fourth-order valence-corrected chi connectivity index (χ4v) is 1.78. The smallest absolute Gasteiger partial charge is 0.0725 e. The first-order chi connectivity index (χ1) is 4.91. The van der Waals surface area contributed by atoms with Crippen molar-refractivity contribution in [3.05, 3.63) is 0 Å². The molecule has 0 aromatic rings. The van der Waals surface area contributed by atoms with Crippen molar-refractivity contribution in [1.82, 2.24) is 4.90 Å². The number of likely N-dealkylation sites (tertiary alicyclic amines) is 1. The van der Waals surface area contributed by atoms with E-state index in [9.17, 15) is 0 Å². The highest BCUT2D eigenvalue weighted by Crippen LogP contribution is 2.30. The molecule has 1 heterocycles. The molecule has 1 rings (SSSR count). The van der Waals surface area contributed by atoms with Gasteiger partial charge in [0.1, 0.15) is 0 Å². The fourth-order valence-electron chi connectivity index (χ4n) is 1.40. The van der Waals surface area contributed by atoms with Crippen LogP contribution in [0, 0.1) is 0 Å². The summed E-state index contributed by atoms with van der Waals surface area (Å²) in [6, 6.07) is 0. The van der Waals surface area contributed by atoms with Crippen LogP contribution in [0.4, 0.5) is 0 Å².